The molecule has 6 nitrogen and oxygen atoms in total. The standard InChI is InChI=1S/C15H19N5O/c1-9(2)7-19-15-17-6-4-12(20-15)11-8-18-14(21)10-3-5-16-13(10)11/h3-6,9,11,16H,7-8H2,1-2H3,(H,18,21)(H,17,19,20). The molecule has 3 N–H and O–H groups in total. The molecule has 0 saturated carbocycles. The van der Waals surface area contributed by atoms with Crippen LogP contribution in [0.4, 0.5) is 5.95 Å². The Morgan fingerprint density at radius 1 is 1.43 bits per heavy atom. The summed E-state index contributed by atoms with van der Waals surface area (Å²) in [7, 11) is 0. The summed E-state index contributed by atoms with van der Waals surface area (Å²) in [5, 5.41) is 6.13. The van der Waals surface area contributed by atoms with Gasteiger partial charge in [0.05, 0.1) is 17.2 Å². The van der Waals surface area contributed by atoms with Gasteiger partial charge in [0.25, 0.3) is 5.91 Å². The molecule has 0 spiro atoms. The fraction of sp³-hybridized carbons (Fsp3) is 0.400. The van der Waals surface area contributed by atoms with Crippen LogP contribution in [0.3, 0.4) is 0 Å². The van der Waals surface area contributed by atoms with E-state index in [4.69, 9.17) is 0 Å². The van der Waals surface area contributed by atoms with E-state index in [-0.39, 0.29) is 11.8 Å². The summed E-state index contributed by atoms with van der Waals surface area (Å²) < 4.78 is 0. The molecule has 1 aliphatic heterocycles. The van der Waals surface area contributed by atoms with Crippen molar-refractivity contribution in [1.29, 1.82) is 0 Å². The van der Waals surface area contributed by atoms with E-state index < -0.39 is 0 Å². The Labute approximate surface area is 123 Å². The Kier molecular flexibility index (Phi) is 3.60. The van der Waals surface area contributed by atoms with Gasteiger partial charge in [-0.15, -0.1) is 0 Å². The molecule has 0 saturated heterocycles. The Hall–Kier alpha value is -2.37. The zero-order chi connectivity index (χ0) is 14.8. The van der Waals surface area contributed by atoms with Gasteiger partial charge in [-0.1, -0.05) is 13.8 Å². The summed E-state index contributed by atoms with van der Waals surface area (Å²) in [5.74, 6) is 1.16. The molecule has 3 heterocycles. The molecule has 1 amide bonds. The SMILES string of the molecule is CC(C)CNc1nccc(C2CNC(=O)c3cc[nH]c32)n1. The predicted octanol–water partition coefficient (Wildman–Crippen LogP) is 1.75. The molecule has 0 aliphatic carbocycles. The van der Waals surface area contributed by atoms with Gasteiger partial charge in [-0.25, -0.2) is 9.97 Å². The summed E-state index contributed by atoms with van der Waals surface area (Å²) in [6, 6.07) is 3.70. The van der Waals surface area contributed by atoms with E-state index in [1.54, 1.807) is 18.5 Å². The third-order valence-electron chi connectivity index (χ3n) is 3.54. The van der Waals surface area contributed by atoms with Crippen LogP contribution < -0.4 is 10.6 Å². The summed E-state index contributed by atoms with van der Waals surface area (Å²) in [6.45, 7) is 5.66. The average Bonchev–Trinajstić information content (AvgIpc) is 2.96. The number of H-pyrrole nitrogens is 1. The van der Waals surface area contributed by atoms with Crippen LogP contribution >= 0.6 is 0 Å². The lowest BCUT2D eigenvalue weighted by atomic mass is 9.94. The molecular formula is C15H19N5O. The topological polar surface area (TPSA) is 82.7 Å². The van der Waals surface area contributed by atoms with Crippen molar-refractivity contribution in [3.8, 4) is 0 Å². The zero-order valence-corrected chi connectivity index (χ0v) is 12.2. The van der Waals surface area contributed by atoms with Gasteiger partial charge in [0.15, 0.2) is 0 Å². The minimum absolute atomic E-state index is 0.0327. The van der Waals surface area contributed by atoms with Crippen molar-refractivity contribution in [2.24, 2.45) is 5.92 Å². The van der Waals surface area contributed by atoms with E-state index in [0.29, 0.717) is 24.0 Å². The highest BCUT2D eigenvalue weighted by atomic mass is 16.1. The van der Waals surface area contributed by atoms with E-state index >= 15 is 0 Å². The second-order valence-corrected chi connectivity index (χ2v) is 5.65. The molecule has 0 aromatic carbocycles. The van der Waals surface area contributed by atoms with Crippen LogP contribution in [0.2, 0.25) is 0 Å². The molecule has 1 unspecified atom stereocenters. The average molecular weight is 285 g/mol. The van der Waals surface area contributed by atoms with Gasteiger partial charge in [-0.2, -0.15) is 0 Å². The van der Waals surface area contributed by atoms with Gasteiger partial charge in [0.1, 0.15) is 0 Å². The molecule has 0 fully saturated rings. The first-order chi connectivity index (χ1) is 10.1. The van der Waals surface area contributed by atoms with Gasteiger partial charge in [-0.3, -0.25) is 4.79 Å². The van der Waals surface area contributed by atoms with Crippen molar-refractivity contribution in [2.45, 2.75) is 19.8 Å². The highest BCUT2D eigenvalue weighted by Gasteiger charge is 2.28. The molecule has 1 atom stereocenters. The first-order valence-corrected chi connectivity index (χ1v) is 7.17. The van der Waals surface area contributed by atoms with Crippen LogP contribution in [-0.2, 0) is 0 Å². The first kappa shape index (κ1) is 13.6. The van der Waals surface area contributed by atoms with Crippen LogP contribution in [0.25, 0.3) is 0 Å². The Bertz CT molecular complexity index is 649. The van der Waals surface area contributed by atoms with Crippen molar-refractivity contribution in [3.63, 3.8) is 0 Å². The number of aromatic amines is 1. The van der Waals surface area contributed by atoms with E-state index in [1.807, 2.05) is 6.07 Å². The molecule has 0 bridgehead atoms. The van der Waals surface area contributed by atoms with Gasteiger partial charge in [0.2, 0.25) is 5.95 Å². The number of hydrogen-bond donors (Lipinski definition) is 3. The van der Waals surface area contributed by atoms with E-state index in [2.05, 4.69) is 39.4 Å². The van der Waals surface area contributed by atoms with Crippen molar-refractivity contribution in [2.75, 3.05) is 18.4 Å². The van der Waals surface area contributed by atoms with Crippen molar-refractivity contribution >= 4 is 11.9 Å². The fourth-order valence-corrected chi connectivity index (χ4v) is 2.46. The number of hydrogen-bond acceptors (Lipinski definition) is 4. The number of aromatic nitrogens is 3. The number of carbonyl (C=O) groups is 1. The third-order valence-corrected chi connectivity index (χ3v) is 3.54. The molecule has 0 radical (unpaired) electrons. The number of carbonyl (C=O) groups excluding carboxylic acids is 1. The zero-order valence-electron chi connectivity index (χ0n) is 12.2. The summed E-state index contributed by atoms with van der Waals surface area (Å²) >= 11 is 0. The lowest BCUT2D eigenvalue weighted by Gasteiger charge is -2.22. The molecule has 6 heteroatoms. The lowest BCUT2D eigenvalue weighted by molar-refractivity contribution is 0.0942. The molecule has 2 aromatic rings. The Morgan fingerprint density at radius 3 is 3.10 bits per heavy atom. The van der Waals surface area contributed by atoms with E-state index in [9.17, 15) is 4.79 Å². The quantitative estimate of drug-likeness (QED) is 0.799. The second kappa shape index (κ2) is 5.55. The highest BCUT2D eigenvalue weighted by Crippen LogP contribution is 2.27. The third kappa shape index (κ3) is 2.74. The number of fused-ring (bicyclic) bond motifs is 1. The van der Waals surface area contributed by atoms with Gasteiger partial charge in [-0.05, 0) is 18.1 Å². The van der Waals surface area contributed by atoms with Crippen molar-refractivity contribution in [1.82, 2.24) is 20.3 Å². The smallest absolute Gasteiger partial charge is 0.253 e. The lowest BCUT2D eigenvalue weighted by Crippen LogP contribution is -2.35. The van der Waals surface area contributed by atoms with Crippen LogP contribution in [-0.4, -0.2) is 33.9 Å². The molecule has 110 valence electrons. The van der Waals surface area contributed by atoms with Gasteiger partial charge < -0.3 is 15.6 Å². The monoisotopic (exact) mass is 285 g/mol. The number of nitrogens with one attached hydrogen (secondary N) is 3. The maximum atomic E-state index is 11.8. The van der Waals surface area contributed by atoms with Gasteiger partial charge in [0, 0.05) is 31.2 Å². The molecule has 2 aromatic heterocycles. The van der Waals surface area contributed by atoms with E-state index in [1.165, 1.54) is 0 Å². The number of rotatable bonds is 4. The van der Waals surface area contributed by atoms with Crippen LogP contribution in [0, 0.1) is 5.92 Å². The van der Waals surface area contributed by atoms with Gasteiger partial charge >= 0.3 is 0 Å². The summed E-state index contributed by atoms with van der Waals surface area (Å²) in [5.41, 5.74) is 2.52. The second-order valence-electron chi connectivity index (χ2n) is 5.65. The number of nitrogens with zero attached hydrogens (tertiary/aromatic N) is 2. The summed E-state index contributed by atoms with van der Waals surface area (Å²) in [6.07, 6.45) is 3.55. The predicted molar refractivity (Wildman–Crippen MR) is 80.3 cm³/mol. The van der Waals surface area contributed by atoms with Crippen LogP contribution in [0.5, 0.6) is 0 Å². The van der Waals surface area contributed by atoms with Crippen molar-refractivity contribution in [3.05, 3.63) is 41.5 Å². The normalized spacial score (nSPS) is 17.5. The van der Waals surface area contributed by atoms with Crippen LogP contribution in [0.1, 0.15) is 41.5 Å². The maximum absolute atomic E-state index is 11.8. The van der Waals surface area contributed by atoms with Crippen LogP contribution in [0.15, 0.2) is 24.5 Å². The Balaban J connectivity index is 1.86. The summed E-state index contributed by atoms with van der Waals surface area (Å²) in [4.78, 5) is 23.8. The minimum atomic E-state index is -0.0327. The molecule has 3 rings (SSSR count). The minimum Gasteiger partial charge on any atom is -0.364 e. The number of amides is 1. The number of anilines is 1. The van der Waals surface area contributed by atoms with E-state index in [0.717, 1.165) is 17.9 Å². The fourth-order valence-electron chi connectivity index (χ4n) is 2.46. The Morgan fingerprint density at radius 2 is 2.29 bits per heavy atom. The highest BCUT2D eigenvalue weighted by molar-refractivity contribution is 5.96. The maximum Gasteiger partial charge on any atom is 0.253 e. The molecule has 1 aliphatic rings. The molecular weight excluding hydrogens is 266 g/mol. The largest absolute Gasteiger partial charge is 0.364 e. The van der Waals surface area contributed by atoms with Crippen molar-refractivity contribution < 1.29 is 4.79 Å². The molecule has 21 heavy (non-hydrogen) atoms. The first-order valence-electron chi connectivity index (χ1n) is 7.17.